The fraction of sp³-hybridized carbons (Fsp3) is 0.357. The molecule has 7 nitrogen and oxygen atoms in total. The van der Waals surface area contributed by atoms with Gasteiger partial charge in [0, 0.05) is 37.3 Å². The molecule has 9 heteroatoms. The SMILES string of the molecule is C[C@H](CN)NC(=O)C1=CN(c2ncnc3[nH]ccc23)CCS1.Cl. The zero-order valence-electron chi connectivity index (χ0n) is 12.7. The molecule has 0 unspecified atom stereocenters. The molecule has 1 amide bonds. The Morgan fingerprint density at radius 1 is 1.57 bits per heavy atom. The van der Waals surface area contributed by atoms with Crippen LogP contribution in [0, 0.1) is 0 Å². The van der Waals surface area contributed by atoms with Gasteiger partial charge in [-0.1, -0.05) is 0 Å². The predicted octanol–water partition coefficient (Wildman–Crippen LogP) is 1.24. The van der Waals surface area contributed by atoms with Crippen LogP contribution in [0.25, 0.3) is 11.0 Å². The first-order valence-corrected chi connectivity index (χ1v) is 8.08. The third-order valence-electron chi connectivity index (χ3n) is 3.42. The van der Waals surface area contributed by atoms with Crippen molar-refractivity contribution in [1.29, 1.82) is 0 Å². The van der Waals surface area contributed by atoms with Crippen LogP contribution in [0.2, 0.25) is 0 Å². The van der Waals surface area contributed by atoms with Gasteiger partial charge in [0.1, 0.15) is 17.8 Å². The van der Waals surface area contributed by atoms with Crippen molar-refractivity contribution < 1.29 is 4.79 Å². The van der Waals surface area contributed by atoms with Gasteiger partial charge >= 0.3 is 0 Å². The fourth-order valence-corrected chi connectivity index (χ4v) is 3.13. The number of hydrogen-bond donors (Lipinski definition) is 3. The lowest BCUT2D eigenvalue weighted by Gasteiger charge is -2.26. The van der Waals surface area contributed by atoms with Crippen molar-refractivity contribution in [2.75, 3.05) is 23.7 Å². The van der Waals surface area contributed by atoms with Gasteiger partial charge in [-0.25, -0.2) is 9.97 Å². The Kier molecular flexibility index (Phi) is 5.86. The zero-order chi connectivity index (χ0) is 15.5. The van der Waals surface area contributed by atoms with Crippen molar-refractivity contribution in [1.82, 2.24) is 20.3 Å². The number of carbonyl (C=O) groups excluding carboxylic acids is 1. The van der Waals surface area contributed by atoms with Crippen LogP contribution in [-0.4, -0.2) is 45.7 Å². The van der Waals surface area contributed by atoms with E-state index in [4.69, 9.17) is 5.73 Å². The van der Waals surface area contributed by atoms with Crippen molar-refractivity contribution in [3.63, 3.8) is 0 Å². The number of aromatic nitrogens is 3. The highest BCUT2D eigenvalue weighted by Crippen LogP contribution is 2.28. The van der Waals surface area contributed by atoms with E-state index in [1.165, 1.54) is 6.33 Å². The predicted molar refractivity (Wildman–Crippen MR) is 95.7 cm³/mol. The number of rotatable bonds is 4. The molecule has 4 N–H and O–H groups in total. The monoisotopic (exact) mass is 354 g/mol. The summed E-state index contributed by atoms with van der Waals surface area (Å²) in [6.45, 7) is 3.10. The van der Waals surface area contributed by atoms with E-state index in [2.05, 4.69) is 20.3 Å². The van der Waals surface area contributed by atoms with Gasteiger partial charge in [0.15, 0.2) is 0 Å². The fourth-order valence-electron chi connectivity index (χ4n) is 2.23. The Morgan fingerprint density at radius 2 is 2.39 bits per heavy atom. The molecule has 2 aromatic heterocycles. The highest BCUT2D eigenvalue weighted by molar-refractivity contribution is 8.04. The second kappa shape index (κ2) is 7.67. The number of hydrogen-bond acceptors (Lipinski definition) is 6. The second-order valence-electron chi connectivity index (χ2n) is 5.08. The van der Waals surface area contributed by atoms with Crippen LogP contribution in [0.5, 0.6) is 0 Å². The molecule has 0 saturated carbocycles. The first kappa shape index (κ1) is 17.6. The van der Waals surface area contributed by atoms with Gasteiger partial charge in [-0.3, -0.25) is 4.79 Å². The molecule has 3 heterocycles. The van der Waals surface area contributed by atoms with Gasteiger partial charge in [0.25, 0.3) is 5.91 Å². The summed E-state index contributed by atoms with van der Waals surface area (Å²) >= 11 is 1.55. The van der Waals surface area contributed by atoms with E-state index in [1.807, 2.05) is 30.3 Å². The summed E-state index contributed by atoms with van der Waals surface area (Å²) in [5.74, 6) is 1.54. The van der Waals surface area contributed by atoms with E-state index >= 15 is 0 Å². The molecule has 0 bridgehead atoms. The molecule has 124 valence electrons. The van der Waals surface area contributed by atoms with E-state index < -0.39 is 0 Å². The molecule has 0 radical (unpaired) electrons. The maximum atomic E-state index is 12.2. The number of aromatic amines is 1. The van der Waals surface area contributed by atoms with Gasteiger partial charge in [-0.15, -0.1) is 24.2 Å². The smallest absolute Gasteiger partial charge is 0.259 e. The Balaban J connectivity index is 0.00000192. The second-order valence-corrected chi connectivity index (χ2v) is 6.22. The molecule has 0 spiro atoms. The van der Waals surface area contributed by atoms with Crippen LogP contribution in [0.15, 0.2) is 29.7 Å². The zero-order valence-corrected chi connectivity index (χ0v) is 14.3. The maximum absolute atomic E-state index is 12.2. The van der Waals surface area contributed by atoms with Gasteiger partial charge in [0.2, 0.25) is 0 Å². The molecular weight excluding hydrogens is 336 g/mol. The number of H-pyrrole nitrogens is 1. The van der Waals surface area contributed by atoms with E-state index in [-0.39, 0.29) is 24.4 Å². The van der Waals surface area contributed by atoms with Crippen molar-refractivity contribution in [3.8, 4) is 0 Å². The average molecular weight is 355 g/mol. The summed E-state index contributed by atoms with van der Waals surface area (Å²) in [5.41, 5.74) is 6.34. The van der Waals surface area contributed by atoms with Crippen LogP contribution >= 0.6 is 24.2 Å². The number of nitrogens with zero attached hydrogens (tertiary/aromatic N) is 3. The molecule has 1 aliphatic rings. The van der Waals surface area contributed by atoms with Crippen molar-refractivity contribution in [3.05, 3.63) is 29.7 Å². The average Bonchev–Trinajstić information content (AvgIpc) is 3.03. The molecule has 23 heavy (non-hydrogen) atoms. The standard InChI is InChI=1S/C14H18N6OS.ClH/c1-9(6-15)19-14(21)11-7-20(4-5-22-11)13-10-2-3-16-12(10)17-8-18-13;/h2-3,7-9H,4-6,15H2,1H3,(H,19,21)(H,16,17,18);1H/t9-;/m1./s1. The number of halogens is 1. The number of nitrogens with two attached hydrogens (primary N) is 1. The van der Waals surface area contributed by atoms with Crippen LogP contribution in [0.4, 0.5) is 5.82 Å². The molecule has 1 atom stereocenters. The Hall–Kier alpha value is -1.77. The third kappa shape index (κ3) is 3.77. The third-order valence-corrected chi connectivity index (χ3v) is 4.41. The Morgan fingerprint density at radius 3 is 3.17 bits per heavy atom. The summed E-state index contributed by atoms with van der Waals surface area (Å²) in [7, 11) is 0. The summed E-state index contributed by atoms with van der Waals surface area (Å²) in [6.07, 6.45) is 5.21. The highest BCUT2D eigenvalue weighted by Gasteiger charge is 2.21. The van der Waals surface area contributed by atoms with Crippen LogP contribution < -0.4 is 16.0 Å². The Bertz CT molecular complexity index is 718. The number of amides is 1. The van der Waals surface area contributed by atoms with Gasteiger partial charge in [-0.2, -0.15) is 0 Å². The van der Waals surface area contributed by atoms with E-state index in [9.17, 15) is 4.79 Å². The summed E-state index contributed by atoms with van der Waals surface area (Å²) < 4.78 is 0. The number of anilines is 1. The van der Waals surface area contributed by atoms with E-state index in [0.717, 1.165) is 29.1 Å². The minimum Gasteiger partial charge on any atom is -0.348 e. The minimum atomic E-state index is -0.0907. The van der Waals surface area contributed by atoms with Crippen molar-refractivity contribution in [2.45, 2.75) is 13.0 Å². The van der Waals surface area contributed by atoms with Gasteiger partial charge < -0.3 is 20.9 Å². The molecule has 1 aliphatic heterocycles. The van der Waals surface area contributed by atoms with Crippen LogP contribution in [0.1, 0.15) is 6.92 Å². The van der Waals surface area contributed by atoms with Crippen LogP contribution in [-0.2, 0) is 4.79 Å². The number of fused-ring (bicyclic) bond motifs is 1. The first-order chi connectivity index (χ1) is 10.7. The number of carbonyl (C=O) groups is 1. The first-order valence-electron chi connectivity index (χ1n) is 7.09. The molecule has 0 fully saturated rings. The Labute approximate surface area is 144 Å². The molecule has 0 aliphatic carbocycles. The molecule has 0 aromatic carbocycles. The maximum Gasteiger partial charge on any atom is 0.259 e. The summed E-state index contributed by atoms with van der Waals surface area (Å²) in [4.78, 5) is 26.5. The van der Waals surface area contributed by atoms with Gasteiger partial charge in [0.05, 0.1) is 10.3 Å². The molecule has 3 rings (SSSR count). The van der Waals surface area contributed by atoms with Gasteiger partial charge in [-0.05, 0) is 13.0 Å². The summed E-state index contributed by atoms with van der Waals surface area (Å²) in [6, 6.07) is 1.90. The lowest BCUT2D eigenvalue weighted by molar-refractivity contribution is -0.117. The van der Waals surface area contributed by atoms with Crippen LogP contribution in [0.3, 0.4) is 0 Å². The minimum absolute atomic E-state index is 0. The van der Waals surface area contributed by atoms with E-state index in [1.54, 1.807) is 11.8 Å². The van der Waals surface area contributed by atoms with Crippen molar-refractivity contribution in [2.24, 2.45) is 5.73 Å². The topological polar surface area (TPSA) is 99.9 Å². The summed E-state index contributed by atoms with van der Waals surface area (Å²) in [5, 5.41) is 3.83. The van der Waals surface area contributed by atoms with E-state index in [0.29, 0.717) is 11.4 Å². The molecule has 2 aromatic rings. The number of thioether (sulfide) groups is 1. The largest absolute Gasteiger partial charge is 0.348 e. The lowest BCUT2D eigenvalue weighted by Crippen LogP contribution is -2.39. The lowest BCUT2D eigenvalue weighted by atomic mass is 10.3. The van der Waals surface area contributed by atoms with Crippen molar-refractivity contribution >= 4 is 46.9 Å². The highest BCUT2D eigenvalue weighted by atomic mass is 35.5. The normalized spacial score (nSPS) is 15.7. The number of nitrogens with one attached hydrogen (secondary N) is 2. The quantitative estimate of drug-likeness (QED) is 0.763. The molecular formula is C14H19ClN6OS. The molecule has 0 saturated heterocycles.